The van der Waals surface area contributed by atoms with Gasteiger partial charge in [0.15, 0.2) is 6.61 Å². The van der Waals surface area contributed by atoms with Gasteiger partial charge in [0.05, 0.1) is 9.93 Å². The van der Waals surface area contributed by atoms with Crippen LogP contribution in [-0.2, 0) is 9.59 Å². The Morgan fingerprint density at radius 1 is 1.21 bits per heavy atom. The molecule has 1 heterocycles. The molecule has 1 aliphatic rings. The van der Waals surface area contributed by atoms with Crippen LogP contribution >= 0.6 is 23.4 Å². The van der Waals surface area contributed by atoms with Crippen LogP contribution in [-0.4, -0.2) is 41.6 Å². The summed E-state index contributed by atoms with van der Waals surface area (Å²) in [6.07, 6.45) is 1.66. The van der Waals surface area contributed by atoms with Gasteiger partial charge in [0.2, 0.25) is 0 Å². The van der Waals surface area contributed by atoms with Crippen molar-refractivity contribution in [3.63, 3.8) is 0 Å². The molecule has 0 atom stereocenters. The van der Waals surface area contributed by atoms with E-state index in [-0.39, 0.29) is 35.7 Å². The van der Waals surface area contributed by atoms with Crippen molar-refractivity contribution in [3.05, 3.63) is 69.8 Å². The summed E-state index contributed by atoms with van der Waals surface area (Å²) in [5.41, 5.74) is 0.822. The lowest BCUT2D eigenvalue weighted by molar-refractivity contribution is -0.125. The Morgan fingerprint density at radius 2 is 1.97 bits per heavy atom. The minimum atomic E-state index is -0.509. The first-order chi connectivity index (χ1) is 13.9. The van der Waals surface area contributed by atoms with Gasteiger partial charge in [-0.1, -0.05) is 41.9 Å². The fraction of sp³-hybridized carbons (Fsp3) is 0.150. The van der Waals surface area contributed by atoms with Gasteiger partial charge in [-0.2, -0.15) is 0 Å². The molecule has 9 heteroatoms. The molecule has 1 N–H and O–H groups in total. The molecule has 0 radical (unpaired) electrons. The molecule has 2 aromatic carbocycles. The zero-order valence-electron chi connectivity index (χ0n) is 15.1. The van der Waals surface area contributed by atoms with Crippen molar-refractivity contribution >= 4 is 46.5 Å². The van der Waals surface area contributed by atoms with E-state index in [1.54, 1.807) is 6.08 Å². The molecule has 1 aliphatic heterocycles. The van der Waals surface area contributed by atoms with Gasteiger partial charge in [0.1, 0.15) is 11.6 Å². The Kier molecular flexibility index (Phi) is 6.90. The first kappa shape index (κ1) is 20.9. The monoisotopic (exact) mass is 434 g/mol. The van der Waals surface area contributed by atoms with Crippen LogP contribution in [0.25, 0.3) is 6.08 Å². The van der Waals surface area contributed by atoms with Crippen molar-refractivity contribution in [2.75, 3.05) is 19.7 Å². The maximum atomic E-state index is 13.0. The topological polar surface area (TPSA) is 75.7 Å². The van der Waals surface area contributed by atoms with Gasteiger partial charge in [-0.3, -0.25) is 19.3 Å². The average Bonchev–Trinajstić information content (AvgIpc) is 2.95. The summed E-state index contributed by atoms with van der Waals surface area (Å²) in [6, 6.07) is 12.8. The highest BCUT2D eigenvalue weighted by molar-refractivity contribution is 8.18. The second-order valence-electron chi connectivity index (χ2n) is 5.96. The van der Waals surface area contributed by atoms with Gasteiger partial charge in [-0.25, -0.2) is 4.39 Å². The number of nitrogens with one attached hydrogen (secondary N) is 1. The van der Waals surface area contributed by atoms with E-state index >= 15 is 0 Å². The Balaban J connectivity index is 1.47. The number of ether oxygens (including phenoxy) is 1. The number of thioether (sulfide) groups is 1. The molecular formula is C20H16ClFN2O4S. The van der Waals surface area contributed by atoms with Crippen molar-refractivity contribution in [2.45, 2.75) is 0 Å². The SMILES string of the molecule is O=C(COc1ccc(F)cc1Cl)NCCN1C(=O)S/C(=C\c2ccccc2)C1=O. The van der Waals surface area contributed by atoms with Gasteiger partial charge in [-0.15, -0.1) is 0 Å². The second kappa shape index (κ2) is 9.58. The molecular weight excluding hydrogens is 419 g/mol. The van der Waals surface area contributed by atoms with E-state index in [0.717, 1.165) is 28.3 Å². The summed E-state index contributed by atoms with van der Waals surface area (Å²) in [6.45, 7) is -0.211. The summed E-state index contributed by atoms with van der Waals surface area (Å²) in [7, 11) is 0. The molecule has 0 spiro atoms. The fourth-order valence-electron chi connectivity index (χ4n) is 2.49. The zero-order valence-corrected chi connectivity index (χ0v) is 16.6. The quantitative estimate of drug-likeness (QED) is 0.672. The van der Waals surface area contributed by atoms with Gasteiger partial charge in [-0.05, 0) is 41.6 Å². The molecule has 2 aromatic rings. The second-order valence-corrected chi connectivity index (χ2v) is 7.36. The van der Waals surface area contributed by atoms with Gasteiger partial charge in [0, 0.05) is 13.1 Å². The molecule has 0 aliphatic carbocycles. The van der Waals surface area contributed by atoms with Crippen LogP contribution in [0, 0.1) is 5.82 Å². The third-order valence-electron chi connectivity index (χ3n) is 3.88. The maximum Gasteiger partial charge on any atom is 0.293 e. The van der Waals surface area contributed by atoms with Crippen LogP contribution in [0.3, 0.4) is 0 Å². The molecule has 29 heavy (non-hydrogen) atoms. The fourth-order valence-corrected chi connectivity index (χ4v) is 3.57. The van der Waals surface area contributed by atoms with Crippen LogP contribution < -0.4 is 10.1 Å². The summed E-state index contributed by atoms with van der Waals surface area (Å²) >= 11 is 6.68. The molecule has 1 saturated heterocycles. The standard InChI is InChI=1S/C20H16ClFN2O4S/c21-15-11-14(22)6-7-16(15)28-12-18(25)23-8-9-24-19(26)17(29-20(24)27)10-13-4-2-1-3-5-13/h1-7,10-11H,8-9,12H2,(H,23,25)/b17-10-. The maximum absolute atomic E-state index is 13.0. The zero-order chi connectivity index (χ0) is 20.8. The van der Waals surface area contributed by atoms with E-state index in [4.69, 9.17) is 16.3 Å². The molecule has 150 valence electrons. The van der Waals surface area contributed by atoms with Gasteiger partial charge >= 0.3 is 0 Å². The minimum absolute atomic E-state index is 0.0415. The van der Waals surface area contributed by atoms with E-state index < -0.39 is 17.6 Å². The number of benzene rings is 2. The normalized spacial score (nSPS) is 15.1. The lowest BCUT2D eigenvalue weighted by atomic mass is 10.2. The van der Waals surface area contributed by atoms with E-state index in [9.17, 15) is 18.8 Å². The number of carbonyl (C=O) groups excluding carboxylic acids is 3. The molecule has 0 unspecified atom stereocenters. The Morgan fingerprint density at radius 3 is 2.69 bits per heavy atom. The molecule has 1 fully saturated rings. The lowest BCUT2D eigenvalue weighted by Gasteiger charge is -2.13. The molecule has 3 rings (SSSR count). The molecule has 0 bridgehead atoms. The number of nitrogens with zero attached hydrogens (tertiary/aromatic N) is 1. The predicted octanol–water partition coefficient (Wildman–Crippen LogP) is 3.71. The first-order valence-corrected chi connectivity index (χ1v) is 9.78. The van der Waals surface area contributed by atoms with Crippen molar-refractivity contribution < 1.29 is 23.5 Å². The van der Waals surface area contributed by atoms with E-state index in [0.29, 0.717) is 4.91 Å². The van der Waals surface area contributed by atoms with E-state index in [1.165, 1.54) is 12.1 Å². The Bertz CT molecular complexity index is 968. The van der Waals surface area contributed by atoms with Crippen LogP contribution in [0.4, 0.5) is 9.18 Å². The largest absolute Gasteiger partial charge is 0.482 e. The number of rotatable bonds is 7. The summed E-state index contributed by atoms with van der Waals surface area (Å²) in [4.78, 5) is 37.8. The minimum Gasteiger partial charge on any atom is -0.482 e. The van der Waals surface area contributed by atoms with Crippen LogP contribution in [0.1, 0.15) is 5.56 Å². The number of hydrogen-bond donors (Lipinski definition) is 1. The number of hydrogen-bond acceptors (Lipinski definition) is 5. The smallest absolute Gasteiger partial charge is 0.293 e. The highest BCUT2D eigenvalue weighted by atomic mass is 35.5. The van der Waals surface area contributed by atoms with Crippen LogP contribution in [0.5, 0.6) is 5.75 Å². The Hall–Kier alpha value is -2.84. The predicted molar refractivity (Wildman–Crippen MR) is 109 cm³/mol. The molecule has 6 nitrogen and oxygen atoms in total. The summed E-state index contributed by atoms with van der Waals surface area (Å²) in [5.74, 6) is -1.19. The summed E-state index contributed by atoms with van der Waals surface area (Å²) < 4.78 is 18.2. The first-order valence-electron chi connectivity index (χ1n) is 8.59. The van der Waals surface area contributed by atoms with Gasteiger partial charge < -0.3 is 10.1 Å². The van der Waals surface area contributed by atoms with Crippen molar-refractivity contribution in [2.24, 2.45) is 0 Å². The number of halogens is 2. The number of carbonyl (C=O) groups is 3. The third kappa shape index (κ3) is 5.58. The van der Waals surface area contributed by atoms with Crippen molar-refractivity contribution in [3.8, 4) is 5.75 Å². The van der Waals surface area contributed by atoms with Crippen molar-refractivity contribution in [1.29, 1.82) is 0 Å². The van der Waals surface area contributed by atoms with Crippen molar-refractivity contribution in [1.82, 2.24) is 10.2 Å². The highest BCUT2D eigenvalue weighted by Gasteiger charge is 2.34. The highest BCUT2D eigenvalue weighted by Crippen LogP contribution is 2.31. The van der Waals surface area contributed by atoms with Gasteiger partial charge in [0.25, 0.3) is 17.1 Å². The molecule has 0 aromatic heterocycles. The Labute approximate surface area is 175 Å². The lowest BCUT2D eigenvalue weighted by Crippen LogP contribution is -2.38. The average molecular weight is 435 g/mol. The molecule has 0 saturated carbocycles. The third-order valence-corrected chi connectivity index (χ3v) is 5.08. The molecule has 3 amide bonds. The van der Waals surface area contributed by atoms with Crippen LogP contribution in [0.2, 0.25) is 5.02 Å². The number of amides is 3. The van der Waals surface area contributed by atoms with E-state index in [2.05, 4.69) is 5.32 Å². The van der Waals surface area contributed by atoms with Crippen LogP contribution in [0.15, 0.2) is 53.4 Å². The van der Waals surface area contributed by atoms with E-state index in [1.807, 2.05) is 30.3 Å². The summed E-state index contributed by atoms with van der Waals surface area (Å²) in [5, 5.41) is 2.23. The number of imide groups is 1.